The van der Waals surface area contributed by atoms with E-state index >= 15 is 0 Å². The lowest BCUT2D eigenvalue weighted by Gasteiger charge is -2.24. The lowest BCUT2D eigenvalue weighted by Crippen LogP contribution is -2.33. The second kappa shape index (κ2) is 6.22. The third kappa shape index (κ3) is 3.48. The van der Waals surface area contributed by atoms with E-state index in [0.29, 0.717) is 6.79 Å². The second-order valence-electron chi connectivity index (χ2n) is 6.36. The van der Waals surface area contributed by atoms with Crippen molar-refractivity contribution in [1.82, 2.24) is 9.80 Å². The fourth-order valence-electron chi connectivity index (χ4n) is 3.28. The molecule has 116 valence electrons. The maximum absolute atomic E-state index is 6.34. The van der Waals surface area contributed by atoms with Crippen LogP contribution in [0.5, 0.6) is 11.5 Å². The number of benzene rings is 1. The van der Waals surface area contributed by atoms with Crippen LogP contribution in [0.1, 0.15) is 18.0 Å². The third-order valence-corrected chi connectivity index (χ3v) is 4.39. The molecule has 0 spiro atoms. The van der Waals surface area contributed by atoms with E-state index in [9.17, 15) is 0 Å². The minimum atomic E-state index is 0.00336. The number of fused-ring (bicyclic) bond motifs is 1. The molecule has 0 amide bonds. The van der Waals surface area contributed by atoms with E-state index in [1.54, 1.807) is 0 Å². The quantitative estimate of drug-likeness (QED) is 0.886. The Bertz CT molecular complexity index is 494. The Kier molecular flexibility index (Phi) is 4.33. The van der Waals surface area contributed by atoms with Gasteiger partial charge >= 0.3 is 0 Å². The molecule has 5 nitrogen and oxygen atoms in total. The molecule has 3 rings (SSSR count). The second-order valence-corrected chi connectivity index (χ2v) is 6.36. The first-order valence-electron chi connectivity index (χ1n) is 7.64. The number of nitrogens with zero attached hydrogens (tertiary/aromatic N) is 2. The summed E-state index contributed by atoms with van der Waals surface area (Å²) in [6, 6.07) is 5.99. The first-order valence-corrected chi connectivity index (χ1v) is 7.64. The molecule has 5 heteroatoms. The summed E-state index contributed by atoms with van der Waals surface area (Å²) < 4.78 is 10.8. The van der Waals surface area contributed by atoms with E-state index in [-0.39, 0.29) is 6.04 Å². The van der Waals surface area contributed by atoms with Gasteiger partial charge in [-0.15, -0.1) is 0 Å². The lowest BCUT2D eigenvalue weighted by atomic mass is 10.0. The molecule has 2 atom stereocenters. The maximum Gasteiger partial charge on any atom is 0.231 e. The summed E-state index contributed by atoms with van der Waals surface area (Å²) in [5.74, 6) is 2.39. The SMILES string of the molecule is CN1CCC(CN(C)CC(N)c2ccc3c(c2)OCO3)C1. The minimum absolute atomic E-state index is 0.00336. The normalized spacial score (nSPS) is 23.0. The molecule has 2 N–H and O–H groups in total. The van der Waals surface area contributed by atoms with Crippen molar-refractivity contribution in [3.63, 3.8) is 0 Å². The van der Waals surface area contributed by atoms with Crippen LogP contribution in [0.3, 0.4) is 0 Å². The molecule has 1 aromatic rings. The van der Waals surface area contributed by atoms with Gasteiger partial charge in [0.1, 0.15) is 0 Å². The molecule has 1 saturated heterocycles. The van der Waals surface area contributed by atoms with Crippen molar-refractivity contribution in [2.45, 2.75) is 12.5 Å². The first-order chi connectivity index (χ1) is 10.1. The highest BCUT2D eigenvalue weighted by molar-refractivity contribution is 5.45. The van der Waals surface area contributed by atoms with Gasteiger partial charge in [0, 0.05) is 25.7 Å². The zero-order valence-electron chi connectivity index (χ0n) is 12.9. The topological polar surface area (TPSA) is 51.0 Å². The summed E-state index contributed by atoms with van der Waals surface area (Å²) >= 11 is 0. The molecule has 0 aliphatic carbocycles. The van der Waals surface area contributed by atoms with Gasteiger partial charge in [0.25, 0.3) is 0 Å². The summed E-state index contributed by atoms with van der Waals surface area (Å²) in [5, 5.41) is 0. The number of rotatable bonds is 5. The van der Waals surface area contributed by atoms with E-state index < -0.39 is 0 Å². The van der Waals surface area contributed by atoms with Gasteiger partial charge in [-0.1, -0.05) is 6.07 Å². The van der Waals surface area contributed by atoms with E-state index in [1.165, 1.54) is 19.5 Å². The molecule has 2 unspecified atom stereocenters. The summed E-state index contributed by atoms with van der Waals surface area (Å²) in [5.41, 5.74) is 7.45. The van der Waals surface area contributed by atoms with Crippen LogP contribution in [0.4, 0.5) is 0 Å². The predicted octanol–water partition coefficient (Wildman–Crippen LogP) is 1.30. The summed E-state index contributed by atoms with van der Waals surface area (Å²) in [4.78, 5) is 4.75. The van der Waals surface area contributed by atoms with Crippen molar-refractivity contribution >= 4 is 0 Å². The molecule has 1 fully saturated rings. The van der Waals surface area contributed by atoms with Gasteiger partial charge in [0.05, 0.1) is 0 Å². The largest absolute Gasteiger partial charge is 0.454 e. The van der Waals surface area contributed by atoms with Crippen molar-refractivity contribution in [3.8, 4) is 11.5 Å². The number of nitrogens with two attached hydrogens (primary N) is 1. The standard InChI is InChI=1S/C16H25N3O2/c1-18-6-5-12(8-18)9-19(2)10-14(17)13-3-4-15-16(7-13)21-11-20-15/h3-4,7,12,14H,5-6,8-11,17H2,1-2H3. The van der Waals surface area contributed by atoms with Gasteiger partial charge in [0.15, 0.2) is 11.5 Å². The predicted molar refractivity (Wildman–Crippen MR) is 82.6 cm³/mol. The summed E-state index contributed by atoms with van der Waals surface area (Å²) in [7, 11) is 4.35. The Morgan fingerprint density at radius 3 is 2.95 bits per heavy atom. The number of likely N-dealkylation sites (N-methyl/N-ethyl adjacent to an activating group) is 1. The van der Waals surface area contributed by atoms with E-state index in [1.807, 2.05) is 18.2 Å². The average molecular weight is 291 g/mol. The van der Waals surface area contributed by atoms with Crippen molar-refractivity contribution in [2.24, 2.45) is 11.7 Å². The molecule has 2 heterocycles. The molecule has 0 radical (unpaired) electrons. The van der Waals surface area contributed by atoms with Crippen LogP contribution in [0, 0.1) is 5.92 Å². The number of likely N-dealkylation sites (tertiary alicyclic amines) is 1. The number of ether oxygens (including phenoxy) is 2. The average Bonchev–Trinajstić information content (AvgIpc) is 3.06. The fraction of sp³-hybridized carbons (Fsp3) is 0.625. The van der Waals surface area contributed by atoms with Crippen LogP contribution >= 0.6 is 0 Å². The van der Waals surface area contributed by atoms with Gasteiger partial charge < -0.3 is 25.0 Å². The molecule has 0 aromatic heterocycles. The van der Waals surface area contributed by atoms with Gasteiger partial charge in [-0.25, -0.2) is 0 Å². The molecule has 0 bridgehead atoms. The fourth-order valence-corrected chi connectivity index (χ4v) is 3.28. The Morgan fingerprint density at radius 1 is 1.38 bits per heavy atom. The summed E-state index contributed by atoms with van der Waals surface area (Å²) in [6.45, 7) is 4.70. The van der Waals surface area contributed by atoms with E-state index in [4.69, 9.17) is 15.2 Å². The van der Waals surface area contributed by atoms with Crippen molar-refractivity contribution in [3.05, 3.63) is 23.8 Å². The molecular weight excluding hydrogens is 266 g/mol. The van der Waals surface area contributed by atoms with Crippen molar-refractivity contribution < 1.29 is 9.47 Å². The van der Waals surface area contributed by atoms with Gasteiger partial charge in [-0.2, -0.15) is 0 Å². The highest BCUT2D eigenvalue weighted by atomic mass is 16.7. The highest BCUT2D eigenvalue weighted by Gasteiger charge is 2.22. The molecule has 0 saturated carbocycles. The van der Waals surface area contributed by atoms with Gasteiger partial charge in [-0.05, 0) is 50.7 Å². The number of hydrogen-bond acceptors (Lipinski definition) is 5. The minimum Gasteiger partial charge on any atom is -0.454 e. The summed E-state index contributed by atoms with van der Waals surface area (Å²) in [6.07, 6.45) is 1.29. The zero-order valence-corrected chi connectivity index (χ0v) is 12.9. The Morgan fingerprint density at radius 2 is 2.19 bits per heavy atom. The highest BCUT2D eigenvalue weighted by Crippen LogP contribution is 2.33. The van der Waals surface area contributed by atoms with Crippen LogP contribution < -0.4 is 15.2 Å². The van der Waals surface area contributed by atoms with Crippen molar-refractivity contribution in [1.29, 1.82) is 0 Å². The molecule has 1 aromatic carbocycles. The Hall–Kier alpha value is -1.30. The molecule has 21 heavy (non-hydrogen) atoms. The maximum atomic E-state index is 6.34. The van der Waals surface area contributed by atoms with Crippen molar-refractivity contribution in [2.75, 3.05) is 47.1 Å². The van der Waals surface area contributed by atoms with E-state index in [0.717, 1.165) is 36.1 Å². The first kappa shape index (κ1) is 14.6. The van der Waals surface area contributed by atoms with E-state index in [2.05, 4.69) is 23.9 Å². The molecule has 2 aliphatic heterocycles. The monoisotopic (exact) mass is 291 g/mol. The van der Waals surface area contributed by atoms with Gasteiger partial charge in [0.2, 0.25) is 6.79 Å². The Labute approximate surface area is 126 Å². The van der Waals surface area contributed by atoms with Crippen LogP contribution in [0.15, 0.2) is 18.2 Å². The van der Waals surface area contributed by atoms with Crippen LogP contribution in [0.2, 0.25) is 0 Å². The van der Waals surface area contributed by atoms with Gasteiger partial charge in [-0.3, -0.25) is 0 Å². The van der Waals surface area contributed by atoms with Crippen LogP contribution in [0.25, 0.3) is 0 Å². The number of hydrogen-bond donors (Lipinski definition) is 1. The lowest BCUT2D eigenvalue weighted by molar-refractivity contribution is 0.174. The molecular formula is C16H25N3O2. The van der Waals surface area contributed by atoms with Crippen LogP contribution in [-0.4, -0.2) is 56.9 Å². The van der Waals surface area contributed by atoms with Crippen LogP contribution in [-0.2, 0) is 0 Å². The third-order valence-electron chi connectivity index (χ3n) is 4.39. The smallest absolute Gasteiger partial charge is 0.231 e. The molecule has 2 aliphatic rings. The Balaban J connectivity index is 1.54. The zero-order chi connectivity index (χ0) is 14.8.